The third kappa shape index (κ3) is 3.31. The highest BCUT2D eigenvalue weighted by Crippen LogP contribution is 2.23. The number of nitrogens with one attached hydrogen (secondary N) is 1. The summed E-state index contributed by atoms with van der Waals surface area (Å²) in [6.07, 6.45) is 2.19. The molecule has 7 nitrogen and oxygen atoms in total. The second-order valence-electron chi connectivity index (χ2n) is 4.52. The van der Waals surface area contributed by atoms with E-state index in [9.17, 15) is 10.2 Å². The molecule has 0 saturated carbocycles. The Morgan fingerprint density at radius 3 is 2.80 bits per heavy atom. The summed E-state index contributed by atoms with van der Waals surface area (Å²) in [6.45, 7) is 4.42. The maximum Gasteiger partial charge on any atom is 0.227 e. The van der Waals surface area contributed by atoms with E-state index in [4.69, 9.17) is 4.52 Å². The molecule has 2 heterocycles. The molecule has 0 amide bonds. The average Bonchev–Trinajstić information content (AvgIpc) is 2.85. The average molecular weight is 278 g/mol. The molecule has 0 aliphatic carbocycles. The minimum absolute atomic E-state index is 0.123. The molecule has 0 aliphatic rings. The highest BCUT2D eigenvalue weighted by Gasteiger charge is 2.11. The van der Waals surface area contributed by atoms with Crippen LogP contribution < -0.4 is 5.32 Å². The van der Waals surface area contributed by atoms with Crippen molar-refractivity contribution in [2.45, 2.75) is 33.4 Å². The van der Waals surface area contributed by atoms with E-state index in [2.05, 4.69) is 20.4 Å². The summed E-state index contributed by atoms with van der Waals surface area (Å²) in [4.78, 5) is 8.12. The first-order valence-electron chi connectivity index (χ1n) is 6.39. The number of aryl methyl sites for hydroxylation is 2. The molecule has 0 radical (unpaired) electrons. The van der Waals surface area contributed by atoms with Gasteiger partial charge in [-0.1, -0.05) is 5.16 Å². The second kappa shape index (κ2) is 6.44. The third-order valence-corrected chi connectivity index (χ3v) is 2.99. The zero-order chi connectivity index (χ0) is 14.5. The van der Waals surface area contributed by atoms with E-state index in [0.717, 1.165) is 0 Å². The van der Waals surface area contributed by atoms with Gasteiger partial charge in [-0.15, -0.1) is 0 Å². The lowest BCUT2D eigenvalue weighted by Crippen LogP contribution is -2.18. The van der Waals surface area contributed by atoms with Crippen molar-refractivity contribution in [3.8, 4) is 5.75 Å². The molecule has 0 aliphatic heterocycles. The molecular formula is C13H18N4O3. The number of hydrogen-bond acceptors (Lipinski definition) is 7. The molecule has 2 rings (SSSR count). The summed E-state index contributed by atoms with van der Waals surface area (Å²) in [5.41, 5.74) is 1.84. The van der Waals surface area contributed by atoms with Crippen LogP contribution >= 0.6 is 0 Å². The van der Waals surface area contributed by atoms with Crippen molar-refractivity contribution in [3.05, 3.63) is 34.7 Å². The molecule has 108 valence electrons. The molecule has 0 fully saturated rings. The van der Waals surface area contributed by atoms with E-state index >= 15 is 0 Å². The highest BCUT2D eigenvalue weighted by molar-refractivity contribution is 5.40. The van der Waals surface area contributed by atoms with Crippen LogP contribution in [0.2, 0.25) is 0 Å². The van der Waals surface area contributed by atoms with Crippen molar-refractivity contribution >= 4 is 0 Å². The standard InChI is InChI=1S/C13H18N4O3/c1-8-13(19)11(10(7-18)5-15-8)6-14-4-3-12-16-9(2)17-20-12/h5,14,18-19H,3-4,6-7H2,1-2H3. The number of aromatic nitrogens is 3. The van der Waals surface area contributed by atoms with Crippen LogP contribution in [0.4, 0.5) is 0 Å². The fourth-order valence-electron chi connectivity index (χ4n) is 1.87. The summed E-state index contributed by atoms with van der Waals surface area (Å²) >= 11 is 0. The zero-order valence-corrected chi connectivity index (χ0v) is 11.6. The number of aromatic hydroxyl groups is 1. The zero-order valence-electron chi connectivity index (χ0n) is 11.6. The van der Waals surface area contributed by atoms with Crippen LogP contribution in [0.3, 0.4) is 0 Å². The summed E-state index contributed by atoms with van der Waals surface area (Å²) in [5.74, 6) is 1.31. The van der Waals surface area contributed by atoms with Gasteiger partial charge in [-0.25, -0.2) is 0 Å². The SMILES string of the molecule is Cc1noc(CCNCc2c(CO)cnc(C)c2O)n1. The van der Waals surface area contributed by atoms with E-state index in [1.54, 1.807) is 20.0 Å². The van der Waals surface area contributed by atoms with E-state index in [-0.39, 0.29) is 12.4 Å². The van der Waals surface area contributed by atoms with Crippen molar-refractivity contribution in [2.75, 3.05) is 6.54 Å². The third-order valence-electron chi connectivity index (χ3n) is 2.99. The smallest absolute Gasteiger partial charge is 0.227 e. The van der Waals surface area contributed by atoms with Gasteiger partial charge in [-0.2, -0.15) is 4.98 Å². The van der Waals surface area contributed by atoms with E-state index < -0.39 is 0 Å². The summed E-state index contributed by atoms with van der Waals surface area (Å²) < 4.78 is 5.00. The molecule has 3 N–H and O–H groups in total. The minimum Gasteiger partial charge on any atom is -0.506 e. The van der Waals surface area contributed by atoms with Crippen LogP contribution in [0.1, 0.15) is 28.5 Å². The second-order valence-corrected chi connectivity index (χ2v) is 4.52. The lowest BCUT2D eigenvalue weighted by Gasteiger charge is -2.11. The van der Waals surface area contributed by atoms with Crippen molar-refractivity contribution in [2.24, 2.45) is 0 Å². The number of nitrogens with zero attached hydrogens (tertiary/aromatic N) is 3. The maximum absolute atomic E-state index is 9.97. The van der Waals surface area contributed by atoms with Crippen LogP contribution in [0, 0.1) is 13.8 Å². The fraction of sp³-hybridized carbons (Fsp3) is 0.462. The Morgan fingerprint density at radius 1 is 1.35 bits per heavy atom. The van der Waals surface area contributed by atoms with E-state index in [1.807, 2.05) is 0 Å². The molecule has 7 heteroatoms. The lowest BCUT2D eigenvalue weighted by atomic mass is 10.1. The predicted octanol–water partition coefficient (Wildman–Crippen LogP) is 0.612. The number of aliphatic hydroxyl groups is 1. The van der Waals surface area contributed by atoms with Crippen molar-refractivity contribution in [1.82, 2.24) is 20.4 Å². The van der Waals surface area contributed by atoms with Gasteiger partial charge in [0.2, 0.25) is 5.89 Å². The summed E-state index contributed by atoms with van der Waals surface area (Å²) in [7, 11) is 0. The molecular weight excluding hydrogens is 260 g/mol. The minimum atomic E-state index is -0.152. The highest BCUT2D eigenvalue weighted by atomic mass is 16.5. The maximum atomic E-state index is 9.97. The molecule has 20 heavy (non-hydrogen) atoms. The Morgan fingerprint density at radius 2 is 2.15 bits per heavy atom. The normalized spacial score (nSPS) is 10.9. The van der Waals surface area contributed by atoms with Gasteiger partial charge in [0.25, 0.3) is 0 Å². The molecule has 0 spiro atoms. The molecule has 0 unspecified atom stereocenters. The lowest BCUT2D eigenvalue weighted by molar-refractivity contribution is 0.278. The number of hydrogen-bond donors (Lipinski definition) is 3. The molecule has 0 bridgehead atoms. The van der Waals surface area contributed by atoms with Crippen LogP contribution in [-0.2, 0) is 19.6 Å². The molecule has 0 saturated heterocycles. The van der Waals surface area contributed by atoms with Gasteiger partial charge >= 0.3 is 0 Å². The van der Waals surface area contributed by atoms with Gasteiger partial charge in [0, 0.05) is 36.8 Å². The number of pyridine rings is 1. The van der Waals surface area contributed by atoms with Crippen molar-refractivity contribution in [1.29, 1.82) is 0 Å². The Hall–Kier alpha value is -1.99. The number of aliphatic hydroxyl groups excluding tert-OH is 1. The summed E-state index contributed by atoms with van der Waals surface area (Å²) in [6, 6.07) is 0. The Bertz CT molecular complexity index is 583. The van der Waals surface area contributed by atoms with Gasteiger partial charge in [-0.05, 0) is 13.8 Å². The Kier molecular flexibility index (Phi) is 4.65. The molecule has 0 aromatic carbocycles. The quantitative estimate of drug-likeness (QED) is 0.665. The topological polar surface area (TPSA) is 104 Å². The first-order valence-corrected chi connectivity index (χ1v) is 6.39. The van der Waals surface area contributed by atoms with Gasteiger partial charge in [0.15, 0.2) is 5.82 Å². The van der Waals surface area contributed by atoms with Crippen LogP contribution in [0.5, 0.6) is 5.75 Å². The molecule has 2 aromatic rings. The van der Waals surface area contributed by atoms with Gasteiger partial charge < -0.3 is 20.1 Å². The Balaban J connectivity index is 1.92. The van der Waals surface area contributed by atoms with E-state index in [0.29, 0.717) is 48.0 Å². The first kappa shape index (κ1) is 14.4. The Labute approximate surface area is 116 Å². The van der Waals surface area contributed by atoms with Crippen molar-refractivity contribution < 1.29 is 14.7 Å². The van der Waals surface area contributed by atoms with E-state index in [1.165, 1.54) is 0 Å². The summed E-state index contributed by atoms with van der Waals surface area (Å²) in [5, 5.41) is 26.1. The number of rotatable bonds is 6. The monoisotopic (exact) mass is 278 g/mol. The van der Waals surface area contributed by atoms with Crippen LogP contribution in [0.25, 0.3) is 0 Å². The molecule has 0 atom stereocenters. The first-order chi connectivity index (χ1) is 9.61. The van der Waals surface area contributed by atoms with Crippen LogP contribution in [0.15, 0.2) is 10.7 Å². The van der Waals surface area contributed by atoms with Crippen LogP contribution in [-0.4, -0.2) is 31.9 Å². The van der Waals surface area contributed by atoms with Gasteiger partial charge in [-0.3, -0.25) is 4.98 Å². The van der Waals surface area contributed by atoms with Gasteiger partial charge in [0.05, 0.1) is 12.3 Å². The van der Waals surface area contributed by atoms with Crippen molar-refractivity contribution in [3.63, 3.8) is 0 Å². The van der Waals surface area contributed by atoms with Gasteiger partial charge in [0.1, 0.15) is 5.75 Å². The predicted molar refractivity (Wildman–Crippen MR) is 71.0 cm³/mol. The molecule has 2 aromatic heterocycles. The fourth-order valence-corrected chi connectivity index (χ4v) is 1.87. The largest absolute Gasteiger partial charge is 0.506 e.